The molecule has 0 radical (unpaired) electrons. The molecule has 0 aromatic carbocycles. The van der Waals surface area contributed by atoms with Crippen LogP contribution in [-0.2, 0) is 10.2 Å². The van der Waals surface area contributed by atoms with Crippen LogP contribution in [0.3, 0.4) is 0 Å². The predicted octanol–water partition coefficient (Wildman–Crippen LogP) is -1.20. The Balaban J connectivity index is 2.77. The molecule has 1 heterocycles. The lowest BCUT2D eigenvalue weighted by Crippen LogP contribution is -2.59. The van der Waals surface area contributed by atoms with Gasteiger partial charge in [-0.25, -0.2) is 0 Å². The Morgan fingerprint density at radius 2 is 2.06 bits per heavy atom. The molecular formula is C9H22N4O2S. The Bertz CT molecular complexity index is 317. The molecule has 1 unspecified atom stereocenters. The zero-order valence-electron chi connectivity index (χ0n) is 10.2. The zero-order chi connectivity index (χ0) is 12.3. The summed E-state index contributed by atoms with van der Waals surface area (Å²) in [6, 6.07) is -0.224. The number of nitrogens with zero attached hydrogens (tertiary/aromatic N) is 2. The fourth-order valence-electron chi connectivity index (χ4n) is 1.87. The number of nitrogens with one attached hydrogen (secondary N) is 1. The minimum absolute atomic E-state index is 0.0944. The third-order valence-electron chi connectivity index (χ3n) is 2.60. The normalized spacial score (nSPS) is 25.2. The van der Waals surface area contributed by atoms with Gasteiger partial charge in [-0.05, 0) is 20.9 Å². The summed E-state index contributed by atoms with van der Waals surface area (Å²) < 4.78 is 28.1. The van der Waals surface area contributed by atoms with Crippen molar-refractivity contribution in [1.29, 1.82) is 0 Å². The molecule has 0 aliphatic carbocycles. The van der Waals surface area contributed by atoms with E-state index in [9.17, 15) is 8.42 Å². The Morgan fingerprint density at radius 3 is 2.56 bits per heavy atom. The third-order valence-corrected chi connectivity index (χ3v) is 4.46. The largest absolute Gasteiger partial charge is 0.329 e. The second-order valence-electron chi connectivity index (χ2n) is 4.54. The highest BCUT2D eigenvalue weighted by Gasteiger charge is 2.33. The maximum absolute atomic E-state index is 12.0. The van der Waals surface area contributed by atoms with Crippen LogP contribution in [-0.4, -0.2) is 62.9 Å². The van der Waals surface area contributed by atoms with Gasteiger partial charge in [-0.1, -0.05) is 0 Å². The molecule has 1 rings (SSSR count). The van der Waals surface area contributed by atoms with Crippen LogP contribution in [0.4, 0.5) is 0 Å². The second kappa shape index (κ2) is 5.42. The lowest BCUT2D eigenvalue weighted by atomic mass is 10.2. The number of rotatable bonds is 4. The smallest absolute Gasteiger partial charge is 0.280 e. The van der Waals surface area contributed by atoms with E-state index in [1.807, 2.05) is 20.9 Å². The first-order valence-corrected chi connectivity index (χ1v) is 6.98. The number of likely N-dealkylation sites (N-methyl/N-ethyl adjacent to an activating group) is 1. The van der Waals surface area contributed by atoms with Crippen LogP contribution < -0.4 is 10.5 Å². The molecular weight excluding hydrogens is 228 g/mol. The van der Waals surface area contributed by atoms with Crippen molar-refractivity contribution >= 4 is 10.2 Å². The molecule has 1 aliphatic rings. The summed E-state index contributed by atoms with van der Waals surface area (Å²) in [5.41, 5.74) is 5.62. The van der Waals surface area contributed by atoms with Gasteiger partial charge in [-0.2, -0.15) is 17.4 Å². The van der Waals surface area contributed by atoms with Crippen molar-refractivity contribution in [2.45, 2.75) is 25.9 Å². The van der Waals surface area contributed by atoms with Crippen molar-refractivity contribution in [3.63, 3.8) is 0 Å². The Kier molecular flexibility index (Phi) is 4.69. The average Bonchev–Trinajstić information content (AvgIpc) is 2.15. The summed E-state index contributed by atoms with van der Waals surface area (Å²) in [6.07, 6.45) is 0. The highest BCUT2D eigenvalue weighted by molar-refractivity contribution is 7.87. The molecule has 0 aromatic heterocycles. The van der Waals surface area contributed by atoms with Gasteiger partial charge in [0.2, 0.25) is 0 Å². The Hall–Kier alpha value is -0.210. The number of nitrogens with two attached hydrogens (primary N) is 1. The van der Waals surface area contributed by atoms with Crippen molar-refractivity contribution in [2.75, 3.05) is 33.2 Å². The Morgan fingerprint density at radius 1 is 1.44 bits per heavy atom. The maximum Gasteiger partial charge on any atom is 0.280 e. The molecule has 16 heavy (non-hydrogen) atoms. The van der Waals surface area contributed by atoms with Gasteiger partial charge in [-0.3, -0.25) is 0 Å². The molecule has 3 N–H and O–H groups in total. The van der Waals surface area contributed by atoms with E-state index in [0.717, 1.165) is 6.54 Å². The highest BCUT2D eigenvalue weighted by Crippen LogP contribution is 2.11. The highest BCUT2D eigenvalue weighted by atomic mass is 32.2. The van der Waals surface area contributed by atoms with Crippen molar-refractivity contribution in [2.24, 2.45) is 5.73 Å². The van der Waals surface area contributed by atoms with Crippen molar-refractivity contribution in [1.82, 2.24) is 13.9 Å². The minimum Gasteiger partial charge on any atom is -0.329 e. The van der Waals surface area contributed by atoms with Gasteiger partial charge in [0.05, 0.1) is 6.04 Å². The fourth-order valence-corrected chi connectivity index (χ4v) is 3.47. The van der Waals surface area contributed by atoms with Gasteiger partial charge < -0.3 is 10.6 Å². The van der Waals surface area contributed by atoms with E-state index in [1.165, 1.54) is 4.31 Å². The summed E-state index contributed by atoms with van der Waals surface area (Å²) in [7, 11) is -1.42. The van der Waals surface area contributed by atoms with Gasteiger partial charge in [0.25, 0.3) is 10.2 Å². The first-order valence-electron chi connectivity index (χ1n) is 5.54. The van der Waals surface area contributed by atoms with E-state index in [-0.39, 0.29) is 12.1 Å². The van der Waals surface area contributed by atoms with E-state index in [4.69, 9.17) is 5.73 Å². The van der Waals surface area contributed by atoms with Crippen molar-refractivity contribution in [3.8, 4) is 0 Å². The minimum atomic E-state index is -3.39. The van der Waals surface area contributed by atoms with Crippen molar-refractivity contribution in [3.05, 3.63) is 0 Å². The molecule has 1 fully saturated rings. The molecule has 0 amide bonds. The second-order valence-corrected chi connectivity index (χ2v) is 6.19. The first-order chi connectivity index (χ1) is 7.36. The zero-order valence-corrected chi connectivity index (χ0v) is 11.0. The first kappa shape index (κ1) is 13.9. The average molecular weight is 250 g/mol. The van der Waals surface area contributed by atoms with E-state index in [2.05, 4.69) is 9.62 Å². The van der Waals surface area contributed by atoms with Crippen LogP contribution in [0, 0.1) is 0 Å². The molecule has 1 aliphatic heterocycles. The summed E-state index contributed by atoms with van der Waals surface area (Å²) in [6.45, 7) is 5.91. The van der Waals surface area contributed by atoms with Crippen LogP contribution in [0.1, 0.15) is 13.8 Å². The summed E-state index contributed by atoms with van der Waals surface area (Å²) in [4.78, 5) is 2.10. The molecule has 6 nitrogen and oxygen atoms in total. The van der Waals surface area contributed by atoms with Gasteiger partial charge in [0, 0.05) is 32.2 Å². The summed E-state index contributed by atoms with van der Waals surface area (Å²) in [5, 5.41) is 0. The van der Waals surface area contributed by atoms with Gasteiger partial charge >= 0.3 is 0 Å². The van der Waals surface area contributed by atoms with Crippen LogP contribution >= 0.6 is 0 Å². The standard InChI is InChI=1S/C9H22N4O2S/c1-8(2)11-16(14,15)13-5-4-12(3)7-9(13)6-10/h8-9,11H,4-7,10H2,1-3H3. The molecule has 1 atom stereocenters. The van der Waals surface area contributed by atoms with Gasteiger partial charge in [0.15, 0.2) is 0 Å². The number of hydrogen-bond acceptors (Lipinski definition) is 4. The van der Waals surface area contributed by atoms with Gasteiger partial charge in [0.1, 0.15) is 0 Å². The lowest BCUT2D eigenvalue weighted by Gasteiger charge is -2.38. The van der Waals surface area contributed by atoms with Crippen LogP contribution in [0.5, 0.6) is 0 Å². The van der Waals surface area contributed by atoms with E-state index >= 15 is 0 Å². The van der Waals surface area contributed by atoms with Crippen LogP contribution in [0.2, 0.25) is 0 Å². The molecule has 7 heteroatoms. The van der Waals surface area contributed by atoms with Crippen LogP contribution in [0.15, 0.2) is 0 Å². The Labute approximate surface area is 98.0 Å². The monoisotopic (exact) mass is 250 g/mol. The SMILES string of the molecule is CC(C)NS(=O)(=O)N1CCN(C)CC1CN. The molecule has 1 saturated heterocycles. The number of piperazine rings is 1. The number of hydrogen-bond donors (Lipinski definition) is 2. The van der Waals surface area contributed by atoms with E-state index in [1.54, 1.807) is 0 Å². The van der Waals surface area contributed by atoms with Gasteiger partial charge in [-0.15, -0.1) is 0 Å². The van der Waals surface area contributed by atoms with Crippen LogP contribution in [0.25, 0.3) is 0 Å². The molecule has 0 saturated carbocycles. The van der Waals surface area contributed by atoms with Crippen molar-refractivity contribution < 1.29 is 8.42 Å². The summed E-state index contributed by atoms with van der Waals surface area (Å²) in [5.74, 6) is 0. The maximum atomic E-state index is 12.0. The quantitative estimate of drug-likeness (QED) is 0.657. The predicted molar refractivity (Wildman–Crippen MR) is 64.2 cm³/mol. The van der Waals surface area contributed by atoms with E-state index < -0.39 is 10.2 Å². The molecule has 0 aromatic rings. The molecule has 0 bridgehead atoms. The summed E-state index contributed by atoms with van der Waals surface area (Å²) >= 11 is 0. The topological polar surface area (TPSA) is 78.7 Å². The lowest BCUT2D eigenvalue weighted by molar-refractivity contribution is 0.162. The molecule has 0 spiro atoms. The third kappa shape index (κ3) is 3.39. The fraction of sp³-hybridized carbons (Fsp3) is 1.00. The molecule has 96 valence electrons. The van der Waals surface area contributed by atoms with E-state index in [0.29, 0.717) is 19.6 Å².